The molecular formula is C24H22N6O7. The lowest BCUT2D eigenvalue weighted by Gasteiger charge is -2.34. The number of pyridine rings is 1. The molecule has 4 N–H and O–H groups in total. The van der Waals surface area contributed by atoms with Crippen molar-refractivity contribution in [2.75, 3.05) is 13.7 Å². The fourth-order valence-corrected chi connectivity index (χ4v) is 5.26. The van der Waals surface area contributed by atoms with Gasteiger partial charge in [0.25, 0.3) is 17.7 Å². The van der Waals surface area contributed by atoms with Crippen molar-refractivity contribution < 1.29 is 33.4 Å². The fourth-order valence-electron chi connectivity index (χ4n) is 5.26. The number of hydrogen-bond acceptors (Lipinski definition) is 8. The Labute approximate surface area is 209 Å². The van der Waals surface area contributed by atoms with Crippen molar-refractivity contribution in [3.63, 3.8) is 0 Å². The minimum atomic E-state index is -1.58. The van der Waals surface area contributed by atoms with Crippen LogP contribution in [-0.4, -0.2) is 65.0 Å². The Kier molecular flexibility index (Phi) is 4.71. The standard InChI is InChI=1S/C24H22N6O7/c1-23(19(32)26-21(34)28-23)13-5-12-6-16(37-17(12)25-8-13)24(20(33)27-22(35)29-24)10-30-9-11-3-4-14(36-2)7-15(11)18(30)31/h3-5,7-8,16H,6,9-10H2,1-2H3,(H2,26,28,32,34)(H2,27,29,33,35)/t16?,23?,24-/m0/s1. The summed E-state index contributed by atoms with van der Waals surface area (Å²) in [5.41, 5.74) is -0.631. The third kappa shape index (κ3) is 3.30. The van der Waals surface area contributed by atoms with E-state index >= 15 is 0 Å². The zero-order valence-corrected chi connectivity index (χ0v) is 19.8. The van der Waals surface area contributed by atoms with Gasteiger partial charge in [0.1, 0.15) is 17.4 Å². The number of benzene rings is 1. The maximum Gasteiger partial charge on any atom is 0.322 e. The highest BCUT2D eigenvalue weighted by Gasteiger charge is 2.57. The Morgan fingerprint density at radius 3 is 2.49 bits per heavy atom. The minimum absolute atomic E-state index is 0.137. The molecular weight excluding hydrogens is 484 g/mol. The van der Waals surface area contributed by atoms with Crippen molar-refractivity contribution >= 4 is 29.8 Å². The van der Waals surface area contributed by atoms with Crippen LogP contribution in [0.4, 0.5) is 9.59 Å². The second-order valence-corrected chi connectivity index (χ2v) is 9.60. The van der Waals surface area contributed by atoms with Crippen LogP contribution in [-0.2, 0) is 28.1 Å². The summed E-state index contributed by atoms with van der Waals surface area (Å²) >= 11 is 0. The van der Waals surface area contributed by atoms with E-state index in [0.717, 1.165) is 5.56 Å². The van der Waals surface area contributed by atoms with Gasteiger partial charge in [0, 0.05) is 35.9 Å². The minimum Gasteiger partial charge on any atom is -0.497 e. The van der Waals surface area contributed by atoms with Crippen molar-refractivity contribution in [2.24, 2.45) is 0 Å². The van der Waals surface area contributed by atoms with Gasteiger partial charge in [-0.05, 0) is 30.7 Å². The molecule has 2 saturated heterocycles. The van der Waals surface area contributed by atoms with Crippen molar-refractivity contribution in [3.8, 4) is 11.6 Å². The van der Waals surface area contributed by atoms with Gasteiger partial charge in [-0.25, -0.2) is 14.6 Å². The topological polar surface area (TPSA) is 168 Å². The highest BCUT2D eigenvalue weighted by atomic mass is 16.5. The summed E-state index contributed by atoms with van der Waals surface area (Å²) < 4.78 is 11.3. The number of urea groups is 2. The first-order valence-corrected chi connectivity index (χ1v) is 11.5. The summed E-state index contributed by atoms with van der Waals surface area (Å²) in [5.74, 6) is -0.665. The molecule has 1 aromatic carbocycles. The molecule has 4 aliphatic rings. The van der Waals surface area contributed by atoms with Crippen molar-refractivity contribution in [1.82, 2.24) is 31.2 Å². The quantitative estimate of drug-likeness (QED) is 0.400. The normalized spacial score (nSPS) is 27.8. The van der Waals surface area contributed by atoms with Crippen LogP contribution in [0.15, 0.2) is 30.5 Å². The fraction of sp³-hybridized carbons (Fsp3) is 0.333. The van der Waals surface area contributed by atoms with Gasteiger partial charge in [-0.1, -0.05) is 6.07 Å². The van der Waals surface area contributed by atoms with Crippen molar-refractivity contribution in [1.29, 1.82) is 0 Å². The largest absolute Gasteiger partial charge is 0.497 e. The zero-order chi connectivity index (χ0) is 26.1. The first kappa shape index (κ1) is 22.8. The van der Waals surface area contributed by atoms with Gasteiger partial charge < -0.3 is 25.0 Å². The molecule has 13 heteroatoms. The molecule has 4 aliphatic heterocycles. The highest BCUT2D eigenvalue weighted by molar-refractivity contribution is 6.09. The van der Waals surface area contributed by atoms with Crippen molar-refractivity contribution in [3.05, 3.63) is 52.7 Å². The second kappa shape index (κ2) is 7.66. The number of aromatic nitrogens is 1. The molecule has 2 aromatic rings. The van der Waals surface area contributed by atoms with Gasteiger partial charge in [0.2, 0.25) is 5.88 Å². The smallest absolute Gasteiger partial charge is 0.322 e. The van der Waals surface area contributed by atoms with Gasteiger partial charge in [-0.15, -0.1) is 0 Å². The predicted molar refractivity (Wildman–Crippen MR) is 124 cm³/mol. The summed E-state index contributed by atoms with van der Waals surface area (Å²) in [5, 5.41) is 9.75. The second-order valence-electron chi connectivity index (χ2n) is 9.60. The first-order chi connectivity index (χ1) is 17.6. The molecule has 7 amide bonds. The summed E-state index contributed by atoms with van der Waals surface area (Å²) in [6.07, 6.45) is 0.696. The van der Waals surface area contributed by atoms with E-state index in [4.69, 9.17) is 9.47 Å². The van der Waals surface area contributed by atoms with Crippen LogP contribution in [0, 0.1) is 0 Å². The molecule has 0 saturated carbocycles. The Balaban J connectivity index is 1.29. The van der Waals surface area contributed by atoms with Crippen LogP contribution in [0.2, 0.25) is 0 Å². The van der Waals surface area contributed by atoms with E-state index < -0.39 is 41.1 Å². The Hall–Kier alpha value is -4.68. The van der Waals surface area contributed by atoms with Gasteiger partial charge in [0.05, 0.1) is 13.7 Å². The SMILES string of the molecule is COc1ccc2c(c1)C(=O)N(C[C@@]1(C3Cc4cc(C5(C)NC(=O)NC5=O)cnc4O3)NC(=O)NC1=O)C2. The van der Waals surface area contributed by atoms with E-state index in [1.54, 1.807) is 31.2 Å². The Morgan fingerprint density at radius 2 is 1.81 bits per heavy atom. The maximum absolute atomic E-state index is 13.2. The summed E-state index contributed by atoms with van der Waals surface area (Å²) in [6, 6.07) is 5.56. The molecule has 190 valence electrons. The van der Waals surface area contributed by atoms with E-state index in [2.05, 4.69) is 26.3 Å². The molecule has 1 aromatic heterocycles. The molecule has 2 fully saturated rings. The molecule has 0 spiro atoms. The monoisotopic (exact) mass is 506 g/mol. The summed E-state index contributed by atoms with van der Waals surface area (Å²) in [6.45, 7) is 1.67. The average molecular weight is 506 g/mol. The molecule has 5 heterocycles. The average Bonchev–Trinajstić information content (AvgIpc) is 3.57. The van der Waals surface area contributed by atoms with Crippen LogP contribution in [0.5, 0.6) is 11.6 Å². The van der Waals surface area contributed by atoms with Crippen LogP contribution in [0.3, 0.4) is 0 Å². The molecule has 2 unspecified atom stereocenters. The molecule has 6 rings (SSSR count). The van der Waals surface area contributed by atoms with Crippen LogP contribution < -0.4 is 30.7 Å². The lowest BCUT2D eigenvalue weighted by molar-refractivity contribution is -0.128. The number of nitrogens with one attached hydrogen (secondary N) is 4. The number of carbonyl (C=O) groups excluding carboxylic acids is 5. The van der Waals surface area contributed by atoms with Crippen LogP contribution in [0.25, 0.3) is 0 Å². The molecule has 0 bridgehead atoms. The molecule has 0 aliphatic carbocycles. The van der Waals surface area contributed by atoms with Gasteiger partial charge in [-0.2, -0.15) is 0 Å². The third-order valence-corrected chi connectivity index (χ3v) is 7.36. The van der Waals surface area contributed by atoms with Crippen molar-refractivity contribution in [2.45, 2.75) is 37.1 Å². The number of imide groups is 2. The van der Waals surface area contributed by atoms with Crippen LogP contribution >= 0.6 is 0 Å². The van der Waals surface area contributed by atoms with Gasteiger partial charge >= 0.3 is 12.1 Å². The first-order valence-electron chi connectivity index (χ1n) is 11.5. The predicted octanol–water partition coefficient (Wildman–Crippen LogP) is -0.317. The van der Waals surface area contributed by atoms with Gasteiger partial charge in [0.15, 0.2) is 5.54 Å². The summed E-state index contributed by atoms with van der Waals surface area (Å²) in [7, 11) is 1.51. The lowest BCUT2D eigenvalue weighted by atomic mass is 9.87. The van der Waals surface area contributed by atoms with E-state index in [1.165, 1.54) is 18.2 Å². The number of hydrogen-bond donors (Lipinski definition) is 4. The third-order valence-electron chi connectivity index (χ3n) is 7.36. The molecule has 0 radical (unpaired) electrons. The zero-order valence-electron chi connectivity index (χ0n) is 19.8. The maximum atomic E-state index is 13.2. The highest BCUT2D eigenvalue weighted by Crippen LogP contribution is 2.37. The molecule has 37 heavy (non-hydrogen) atoms. The number of rotatable bonds is 5. The number of amides is 7. The lowest BCUT2D eigenvalue weighted by Crippen LogP contribution is -2.64. The summed E-state index contributed by atoms with van der Waals surface area (Å²) in [4.78, 5) is 68.5. The number of methoxy groups -OCH3 is 1. The van der Waals surface area contributed by atoms with E-state index in [0.29, 0.717) is 22.4 Å². The van der Waals surface area contributed by atoms with Gasteiger partial charge in [-0.3, -0.25) is 25.0 Å². The van der Waals surface area contributed by atoms with E-state index in [9.17, 15) is 24.0 Å². The Bertz CT molecular complexity index is 1430. The number of ether oxygens (including phenoxy) is 2. The Morgan fingerprint density at radius 1 is 1.05 bits per heavy atom. The number of carbonyl (C=O) groups is 5. The molecule has 3 atom stereocenters. The molecule has 13 nitrogen and oxygen atoms in total. The van der Waals surface area contributed by atoms with E-state index in [-0.39, 0.29) is 31.3 Å². The van der Waals surface area contributed by atoms with E-state index in [1.807, 2.05) is 0 Å². The van der Waals surface area contributed by atoms with Crippen LogP contribution in [0.1, 0.15) is 34.0 Å². The number of fused-ring (bicyclic) bond motifs is 2. The number of nitrogens with zero attached hydrogens (tertiary/aromatic N) is 2.